The fraction of sp³-hybridized carbons (Fsp3) is 0.800. The van der Waals surface area contributed by atoms with Crippen LogP contribution in [0.2, 0.25) is 0 Å². The van der Waals surface area contributed by atoms with Gasteiger partial charge in [0.15, 0.2) is 6.73 Å². The number of rotatable bonds is 23. The Labute approximate surface area is 305 Å². The van der Waals surface area contributed by atoms with Crippen molar-refractivity contribution in [1.29, 1.82) is 0 Å². The van der Waals surface area contributed by atoms with Crippen molar-refractivity contribution in [3.05, 3.63) is 35.9 Å². The Morgan fingerprint density at radius 3 is 1.09 bits per heavy atom. The Morgan fingerprint density at radius 2 is 0.719 bits per heavy atom. The summed E-state index contributed by atoms with van der Waals surface area (Å²) in [4.78, 5) is 0. The first kappa shape index (κ1) is 52.4. The molecule has 0 aliphatic rings. The number of alkyl halides is 25. The minimum atomic E-state index is -9.58. The zero-order chi connectivity index (χ0) is 45.4. The van der Waals surface area contributed by atoms with Crippen LogP contribution in [0.25, 0.3) is 0 Å². The number of halogens is 25. The van der Waals surface area contributed by atoms with E-state index < -0.39 is 90.6 Å². The van der Waals surface area contributed by atoms with Crippen LogP contribution in [0, 0.1) is 0 Å². The number of unbranched alkanes of at least 4 members (excludes halogenated alkanes) is 5. The zero-order valence-electron chi connectivity index (χ0n) is 28.8. The molecule has 0 N–H and O–H groups in total. The van der Waals surface area contributed by atoms with E-state index in [0.717, 1.165) is 5.56 Å². The van der Waals surface area contributed by atoms with Gasteiger partial charge >= 0.3 is 71.3 Å². The third kappa shape index (κ3) is 9.11. The van der Waals surface area contributed by atoms with Gasteiger partial charge in [0.2, 0.25) is 0 Å². The Balaban J connectivity index is 3.07. The molecule has 0 fully saturated rings. The molecular weight excluding hydrogens is 865 g/mol. The summed E-state index contributed by atoms with van der Waals surface area (Å²) in [7, 11) is 3.67. The van der Waals surface area contributed by atoms with Crippen LogP contribution in [0.5, 0.6) is 0 Å². The second-order valence-corrected chi connectivity index (χ2v) is 13.4. The Kier molecular flexibility index (Phi) is 15.1. The van der Waals surface area contributed by atoms with Crippen LogP contribution in [0.1, 0.15) is 50.5 Å². The minimum absolute atomic E-state index is 0.0980. The highest BCUT2D eigenvalue weighted by Crippen LogP contribution is 2.68. The summed E-state index contributed by atoms with van der Waals surface area (Å²) in [5.74, 6) is -97.9. The van der Waals surface area contributed by atoms with Gasteiger partial charge in [0.05, 0.1) is 20.7 Å². The van der Waals surface area contributed by atoms with Gasteiger partial charge in [0.25, 0.3) is 0 Å². The summed E-state index contributed by atoms with van der Waals surface area (Å²) >= 11 is 0. The average molecular weight is 897 g/mol. The molecule has 0 aliphatic heterocycles. The van der Waals surface area contributed by atoms with Crippen LogP contribution in [0.15, 0.2) is 30.3 Å². The number of hydrogen-bond donors (Lipinski definition) is 0. The van der Waals surface area contributed by atoms with Crippen molar-refractivity contribution in [3.8, 4) is 0 Å². The summed E-state index contributed by atoms with van der Waals surface area (Å²) in [6.07, 6.45) is -12.3. The van der Waals surface area contributed by atoms with Crippen molar-refractivity contribution < 1.29 is 119 Å². The number of nitrogens with zero attached hydrogens (tertiary/aromatic N) is 1. The molecular formula is C30H31F25NO+. The van der Waals surface area contributed by atoms with Crippen LogP contribution in [0.4, 0.5) is 110 Å². The zero-order valence-corrected chi connectivity index (χ0v) is 28.8. The Hall–Kier alpha value is -2.61. The molecule has 27 heteroatoms. The van der Waals surface area contributed by atoms with Crippen molar-refractivity contribution in [2.24, 2.45) is 0 Å². The van der Waals surface area contributed by atoms with Gasteiger partial charge in [-0.05, 0) is 12.8 Å². The molecule has 1 rings (SSSR count). The Bertz CT molecular complexity index is 1440. The van der Waals surface area contributed by atoms with E-state index in [2.05, 4.69) is 0 Å². The molecule has 0 bridgehead atoms. The van der Waals surface area contributed by atoms with Crippen LogP contribution < -0.4 is 0 Å². The smallest absolute Gasteiger partial charge is 0.332 e. The fourth-order valence-corrected chi connectivity index (χ4v) is 4.84. The lowest BCUT2D eigenvalue weighted by Gasteiger charge is -2.45. The van der Waals surface area contributed by atoms with Crippen LogP contribution in [0.3, 0.4) is 0 Å². The van der Waals surface area contributed by atoms with Gasteiger partial charge in [-0.2, -0.15) is 110 Å². The van der Waals surface area contributed by atoms with Crippen molar-refractivity contribution >= 4 is 0 Å². The SMILES string of the molecule is C[N+](C)(COCCCCCCCCC(F)(F)C(F)(F)C(F)(F)C(F)(F)C(F)(F)C(F)(F)C(F)(F)C(F)(F)C(F)(F)C(F)(F)C(F)(F)C(F)(F)F)Cc1ccccc1. The molecule has 0 heterocycles. The molecule has 0 aliphatic carbocycles. The second-order valence-electron chi connectivity index (χ2n) is 13.4. The lowest BCUT2D eigenvalue weighted by molar-refractivity contribution is -0.922. The van der Waals surface area contributed by atoms with Gasteiger partial charge in [-0.25, -0.2) is 0 Å². The molecule has 0 saturated carbocycles. The quantitative estimate of drug-likeness (QED) is 0.0460. The van der Waals surface area contributed by atoms with E-state index in [4.69, 9.17) is 4.74 Å². The molecule has 57 heavy (non-hydrogen) atoms. The first-order chi connectivity index (χ1) is 25.0. The summed E-state index contributed by atoms with van der Waals surface area (Å²) in [5, 5.41) is 0. The molecule has 0 atom stereocenters. The second kappa shape index (κ2) is 16.4. The Morgan fingerprint density at radius 1 is 0.404 bits per heavy atom. The molecule has 0 spiro atoms. The summed E-state index contributed by atoms with van der Waals surface area (Å²) in [6, 6.07) is 9.17. The van der Waals surface area contributed by atoms with Gasteiger partial charge < -0.3 is 9.22 Å². The standard InChI is InChI=1S/C30H31F25NO/c1-56(2,16-18-12-8-7-9-13-18)17-57-15-11-6-4-3-5-10-14-19(31,32)20(33,34)21(35,36)22(37,38)23(39,40)24(41,42)25(43,44)26(45,46)27(47,48)28(49,50)29(51,52)30(53,54)55/h7-9,12-13H,3-6,10-11,14-17H2,1-2H3/q+1. The first-order valence-corrected chi connectivity index (χ1v) is 15.7. The van der Waals surface area contributed by atoms with E-state index in [1.165, 1.54) is 0 Å². The van der Waals surface area contributed by atoms with Crippen molar-refractivity contribution in [2.45, 2.75) is 123 Å². The van der Waals surface area contributed by atoms with E-state index in [9.17, 15) is 110 Å². The third-order valence-corrected chi connectivity index (χ3v) is 8.29. The molecule has 0 radical (unpaired) electrons. The van der Waals surface area contributed by atoms with E-state index >= 15 is 0 Å². The molecule has 0 saturated heterocycles. The van der Waals surface area contributed by atoms with E-state index in [1.54, 1.807) is 6.07 Å². The molecule has 0 aromatic heterocycles. The van der Waals surface area contributed by atoms with Gasteiger partial charge in [0.1, 0.15) is 6.54 Å². The normalized spacial score (nSPS) is 15.7. The largest absolute Gasteiger partial charge is 0.460 e. The highest BCUT2D eigenvalue weighted by Gasteiger charge is 2.99. The summed E-state index contributed by atoms with van der Waals surface area (Å²) in [6.45, 7) is 0.952. The van der Waals surface area contributed by atoms with Crippen molar-refractivity contribution in [3.63, 3.8) is 0 Å². The fourth-order valence-electron chi connectivity index (χ4n) is 4.84. The lowest BCUT2D eigenvalue weighted by atomic mass is 9.84. The number of quaternary nitrogens is 1. The maximum atomic E-state index is 14.2. The minimum Gasteiger partial charge on any atom is -0.332 e. The van der Waals surface area contributed by atoms with Gasteiger partial charge in [0, 0.05) is 12.0 Å². The molecule has 0 unspecified atom stereocenters. The van der Waals surface area contributed by atoms with Crippen molar-refractivity contribution in [2.75, 3.05) is 27.4 Å². The van der Waals surface area contributed by atoms with E-state index in [1.807, 2.05) is 38.4 Å². The summed E-state index contributed by atoms with van der Waals surface area (Å²) in [5.41, 5.74) is 0.988. The number of ether oxygens (including phenoxy) is 1. The average Bonchev–Trinajstić information content (AvgIpc) is 3.04. The van der Waals surface area contributed by atoms with Gasteiger partial charge in [-0.1, -0.05) is 56.0 Å². The predicted molar refractivity (Wildman–Crippen MR) is 146 cm³/mol. The number of benzene rings is 1. The van der Waals surface area contributed by atoms with Gasteiger partial charge in [-0.3, -0.25) is 0 Å². The summed E-state index contributed by atoms with van der Waals surface area (Å²) < 4.78 is 346. The maximum Gasteiger partial charge on any atom is 0.460 e. The van der Waals surface area contributed by atoms with Crippen molar-refractivity contribution in [1.82, 2.24) is 0 Å². The maximum absolute atomic E-state index is 14.2. The molecule has 0 amide bonds. The van der Waals surface area contributed by atoms with Crippen LogP contribution >= 0.6 is 0 Å². The predicted octanol–water partition coefficient (Wildman–Crippen LogP) is 12.5. The number of hydrogen-bond acceptors (Lipinski definition) is 1. The molecule has 2 nitrogen and oxygen atoms in total. The van der Waals surface area contributed by atoms with Crippen LogP contribution in [-0.4, -0.2) is 103 Å². The molecule has 336 valence electrons. The third-order valence-electron chi connectivity index (χ3n) is 8.29. The lowest BCUT2D eigenvalue weighted by Crippen LogP contribution is -2.78. The first-order valence-electron chi connectivity index (χ1n) is 15.7. The topological polar surface area (TPSA) is 9.23 Å². The molecule has 1 aromatic carbocycles. The highest BCUT2D eigenvalue weighted by molar-refractivity contribution is 5.20. The monoisotopic (exact) mass is 896 g/mol. The van der Waals surface area contributed by atoms with E-state index in [-0.39, 0.29) is 32.6 Å². The highest BCUT2D eigenvalue weighted by atomic mass is 19.4. The molecule has 1 aromatic rings. The van der Waals surface area contributed by atoms with Crippen LogP contribution in [-0.2, 0) is 11.3 Å². The van der Waals surface area contributed by atoms with Gasteiger partial charge in [-0.15, -0.1) is 0 Å². The van der Waals surface area contributed by atoms with E-state index in [0.29, 0.717) is 17.4 Å².